The summed E-state index contributed by atoms with van der Waals surface area (Å²) in [5.74, 6) is 1.51. The molecular formula is C21H20ClN5O2S2. The largest absolute Gasteiger partial charge is 0.484 e. The molecule has 0 bridgehead atoms. The number of aromatic nitrogens is 4. The van der Waals surface area contributed by atoms with Crippen LogP contribution in [0.1, 0.15) is 10.8 Å². The molecule has 0 aliphatic carbocycles. The molecule has 0 saturated carbocycles. The third-order valence-electron chi connectivity index (χ3n) is 4.58. The van der Waals surface area contributed by atoms with Crippen molar-refractivity contribution in [2.75, 3.05) is 12.8 Å². The summed E-state index contributed by atoms with van der Waals surface area (Å²) >= 11 is 9.06. The van der Waals surface area contributed by atoms with E-state index in [2.05, 4.69) is 15.2 Å². The van der Waals surface area contributed by atoms with E-state index in [0.717, 1.165) is 15.2 Å². The molecule has 0 atom stereocenters. The lowest BCUT2D eigenvalue weighted by Gasteiger charge is -2.15. The van der Waals surface area contributed by atoms with Crippen molar-refractivity contribution in [3.63, 3.8) is 0 Å². The molecule has 2 aromatic carbocycles. The second-order valence-electron chi connectivity index (χ2n) is 6.79. The van der Waals surface area contributed by atoms with Crippen molar-refractivity contribution in [1.29, 1.82) is 0 Å². The van der Waals surface area contributed by atoms with Gasteiger partial charge < -0.3 is 14.2 Å². The quantitative estimate of drug-likeness (QED) is 0.353. The summed E-state index contributed by atoms with van der Waals surface area (Å²) in [5.41, 5.74) is 0.961. The molecule has 7 nitrogen and oxygen atoms in total. The van der Waals surface area contributed by atoms with Gasteiger partial charge in [0.05, 0.1) is 27.5 Å². The van der Waals surface area contributed by atoms with Crippen LogP contribution in [-0.2, 0) is 25.0 Å². The van der Waals surface area contributed by atoms with Crippen molar-refractivity contribution in [2.24, 2.45) is 7.05 Å². The molecule has 1 amide bonds. The predicted octanol–water partition coefficient (Wildman–Crippen LogP) is 4.41. The van der Waals surface area contributed by atoms with Crippen LogP contribution in [0.2, 0.25) is 5.02 Å². The Morgan fingerprint density at radius 2 is 1.97 bits per heavy atom. The van der Waals surface area contributed by atoms with Gasteiger partial charge in [0, 0.05) is 14.1 Å². The fourth-order valence-electron chi connectivity index (χ4n) is 2.82. The molecule has 0 saturated heterocycles. The summed E-state index contributed by atoms with van der Waals surface area (Å²) in [6.07, 6.45) is 0. The van der Waals surface area contributed by atoms with E-state index in [4.69, 9.17) is 16.3 Å². The number of rotatable bonds is 8. The van der Waals surface area contributed by atoms with Crippen LogP contribution in [0.3, 0.4) is 0 Å². The van der Waals surface area contributed by atoms with Crippen LogP contribution in [0.4, 0.5) is 0 Å². The molecule has 0 fully saturated rings. The smallest absolute Gasteiger partial charge is 0.233 e. The van der Waals surface area contributed by atoms with Crippen molar-refractivity contribution in [1.82, 2.24) is 24.6 Å². The summed E-state index contributed by atoms with van der Waals surface area (Å²) in [7, 11) is 3.64. The fraction of sp³-hybridized carbons (Fsp3) is 0.238. The SMILES string of the molecule is CN(Cc1nc2ccccc2s1)C(=O)CSc1nnc(COc2ccccc2Cl)n1C. The van der Waals surface area contributed by atoms with Crippen LogP contribution in [-0.4, -0.2) is 43.4 Å². The lowest BCUT2D eigenvalue weighted by Crippen LogP contribution is -2.27. The number of ether oxygens (including phenoxy) is 1. The molecule has 160 valence electrons. The first-order valence-corrected chi connectivity index (χ1v) is 11.7. The van der Waals surface area contributed by atoms with Crippen LogP contribution in [0.5, 0.6) is 5.75 Å². The molecule has 2 heterocycles. The van der Waals surface area contributed by atoms with Gasteiger partial charge in [0.15, 0.2) is 11.0 Å². The van der Waals surface area contributed by atoms with Crippen LogP contribution in [0.15, 0.2) is 53.7 Å². The molecule has 0 unspecified atom stereocenters. The minimum absolute atomic E-state index is 0.00104. The highest BCUT2D eigenvalue weighted by molar-refractivity contribution is 7.99. The van der Waals surface area contributed by atoms with Gasteiger partial charge in [-0.25, -0.2) is 4.98 Å². The van der Waals surface area contributed by atoms with E-state index in [9.17, 15) is 4.79 Å². The topological polar surface area (TPSA) is 73.1 Å². The Balaban J connectivity index is 1.31. The number of carbonyl (C=O) groups is 1. The monoisotopic (exact) mass is 473 g/mol. The van der Waals surface area contributed by atoms with E-state index in [1.165, 1.54) is 11.8 Å². The Morgan fingerprint density at radius 1 is 1.19 bits per heavy atom. The van der Waals surface area contributed by atoms with Gasteiger partial charge in [-0.1, -0.05) is 47.6 Å². The zero-order chi connectivity index (χ0) is 21.8. The lowest BCUT2D eigenvalue weighted by molar-refractivity contribution is -0.127. The second-order valence-corrected chi connectivity index (χ2v) is 9.26. The van der Waals surface area contributed by atoms with E-state index >= 15 is 0 Å². The highest BCUT2D eigenvalue weighted by Gasteiger charge is 2.16. The number of benzene rings is 2. The number of thiazole rings is 1. The van der Waals surface area contributed by atoms with Gasteiger partial charge in [-0.2, -0.15) is 0 Å². The average molecular weight is 474 g/mol. The summed E-state index contributed by atoms with van der Waals surface area (Å²) in [4.78, 5) is 18.9. The zero-order valence-corrected chi connectivity index (χ0v) is 19.4. The number of thioether (sulfide) groups is 1. The molecular weight excluding hydrogens is 454 g/mol. The van der Waals surface area contributed by atoms with Crippen molar-refractivity contribution in [3.05, 3.63) is 64.4 Å². The van der Waals surface area contributed by atoms with E-state index < -0.39 is 0 Å². The molecule has 0 radical (unpaired) electrons. The van der Waals surface area contributed by atoms with Gasteiger partial charge in [0.1, 0.15) is 17.4 Å². The molecule has 0 aliphatic rings. The van der Waals surface area contributed by atoms with Gasteiger partial charge in [-0.15, -0.1) is 21.5 Å². The summed E-state index contributed by atoms with van der Waals surface area (Å²) in [6, 6.07) is 15.2. The normalized spacial score (nSPS) is 11.1. The van der Waals surface area contributed by atoms with Gasteiger partial charge in [-0.3, -0.25) is 4.79 Å². The van der Waals surface area contributed by atoms with Gasteiger partial charge in [0.25, 0.3) is 0 Å². The maximum Gasteiger partial charge on any atom is 0.233 e. The van der Waals surface area contributed by atoms with E-state index in [1.54, 1.807) is 35.4 Å². The molecule has 0 N–H and O–H groups in total. The maximum atomic E-state index is 12.6. The highest BCUT2D eigenvalue weighted by Crippen LogP contribution is 2.25. The number of halogens is 1. The Morgan fingerprint density at radius 3 is 2.77 bits per heavy atom. The van der Waals surface area contributed by atoms with Crippen molar-refractivity contribution >= 4 is 50.8 Å². The first kappa shape index (κ1) is 21.6. The first-order valence-electron chi connectivity index (χ1n) is 9.48. The molecule has 0 spiro atoms. The summed E-state index contributed by atoms with van der Waals surface area (Å²) in [5, 5.41) is 10.5. The number of carbonyl (C=O) groups excluding carboxylic acids is 1. The standard InChI is InChI=1S/C21H20ClN5O2S2/c1-26(11-19-23-15-8-4-6-10-17(15)31-19)20(28)13-30-21-25-24-18(27(21)2)12-29-16-9-5-3-7-14(16)22/h3-10H,11-13H2,1-2H3. The Labute approximate surface area is 193 Å². The number of hydrogen-bond donors (Lipinski definition) is 0. The van der Waals surface area contributed by atoms with E-state index in [1.807, 2.05) is 48.0 Å². The van der Waals surface area contributed by atoms with Crippen LogP contribution in [0.25, 0.3) is 10.2 Å². The van der Waals surface area contributed by atoms with E-state index in [-0.39, 0.29) is 18.3 Å². The van der Waals surface area contributed by atoms with Crippen molar-refractivity contribution < 1.29 is 9.53 Å². The summed E-state index contributed by atoms with van der Waals surface area (Å²) < 4.78 is 8.67. The molecule has 4 aromatic rings. The van der Waals surface area contributed by atoms with Crippen molar-refractivity contribution in [3.8, 4) is 5.75 Å². The van der Waals surface area contributed by atoms with Gasteiger partial charge in [-0.05, 0) is 24.3 Å². The third-order valence-corrected chi connectivity index (χ3v) is 6.92. The summed E-state index contributed by atoms with van der Waals surface area (Å²) in [6.45, 7) is 0.716. The van der Waals surface area contributed by atoms with Crippen LogP contribution in [0, 0.1) is 0 Å². The number of nitrogens with zero attached hydrogens (tertiary/aromatic N) is 5. The highest BCUT2D eigenvalue weighted by atomic mass is 35.5. The second kappa shape index (κ2) is 9.67. The molecule has 0 aliphatic heterocycles. The minimum Gasteiger partial charge on any atom is -0.484 e. The van der Waals surface area contributed by atoms with E-state index in [0.29, 0.717) is 28.3 Å². The number of fused-ring (bicyclic) bond motifs is 1. The fourth-order valence-corrected chi connectivity index (χ4v) is 4.90. The van der Waals surface area contributed by atoms with Crippen LogP contribution < -0.4 is 4.74 Å². The van der Waals surface area contributed by atoms with Crippen LogP contribution >= 0.6 is 34.7 Å². The number of para-hydroxylation sites is 2. The third kappa shape index (κ3) is 5.17. The van der Waals surface area contributed by atoms with Crippen molar-refractivity contribution in [2.45, 2.75) is 18.3 Å². The molecule has 2 aromatic heterocycles. The minimum atomic E-state index is 0.00104. The number of hydrogen-bond acceptors (Lipinski definition) is 7. The lowest BCUT2D eigenvalue weighted by atomic mass is 10.3. The van der Waals surface area contributed by atoms with Gasteiger partial charge in [0.2, 0.25) is 5.91 Å². The number of amides is 1. The maximum absolute atomic E-state index is 12.6. The zero-order valence-electron chi connectivity index (χ0n) is 17.0. The Bertz CT molecular complexity index is 1180. The average Bonchev–Trinajstić information content (AvgIpc) is 3.34. The Hall–Kier alpha value is -2.62. The Kier molecular flexibility index (Phi) is 6.74. The molecule has 31 heavy (non-hydrogen) atoms. The predicted molar refractivity (Wildman–Crippen MR) is 124 cm³/mol. The first-order chi connectivity index (χ1) is 15.0. The molecule has 4 rings (SSSR count). The molecule has 10 heteroatoms. The van der Waals surface area contributed by atoms with Gasteiger partial charge >= 0.3 is 0 Å².